The monoisotopic (exact) mass is 330 g/mol. The van der Waals surface area contributed by atoms with Crippen molar-refractivity contribution in [2.75, 3.05) is 19.8 Å². The summed E-state index contributed by atoms with van der Waals surface area (Å²) in [6.07, 6.45) is 0.919. The maximum Gasteiger partial charge on any atom is 0.223 e. The van der Waals surface area contributed by atoms with Crippen LogP contribution in [-0.2, 0) is 9.53 Å². The first-order chi connectivity index (χ1) is 11.5. The Morgan fingerprint density at radius 1 is 1.50 bits per heavy atom. The fourth-order valence-electron chi connectivity index (χ4n) is 3.59. The van der Waals surface area contributed by atoms with E-state index in [9.17, 15) is 10.1 Å². The standard InChI is InChI=1S/C18H22N2O4/c1-18(2)17(23-9-8-21)16(20-7-3-4-15(20)22)13-10-12(11-19)5-6-14(13)24-18/h5-6,10,16-17,21H,3-4,7-9H2,1-2H3/t16-,17+/m0/s1. The lowest BCUT2D eigenvalue weighted by molar-refractivity contribution is -0.150. The summed E-state index contributed by atoms with van der Waals surface area (Å²) in [6.45, 7) is 4.57. The van der Waals surface area contributed by atoms with E-state index in [0.29, 0.717) is 24.3 Å². The molecular weight excluding hydrogens is 308 g/mol. The Hall–Kier alpha value is -2.10. The number of fused-ring (bicyclic) bond motifs is 1. The van der Waals surface area contributed by atoms with Gasteiger partial charge in [0.2, 0.25) is 5.91 Å². The SMILES string of the molecule is CC1(C)Oc2ccc(C#N)cc2[C@H](N2CCCC2=O)[C@H]1OCCO. The molecular formula is C18H22N2O4. The first-order valence-electron chi connectivity index (χ1n) is 8.23. The minimum Gasteiger partial charge on any atom is -0.485 e. The van der Waals surface area contributed by atoms with Crippen molar-refractivity contribution in [3.63, 3.8) is 0 Å². The van der Waals surface area contributed by atoms with Crippen molar-refractivity contribution in [3.05, 3.63) is 29.3 Å². The first-order valence-corrected chi connectivity index (χ1v) is 8.23. The molecule has 2 aliphatic heterocycles. The zero-order valence-electron chi connectivity index (χ0n) is 14.0. The number of nitriles is 1. The van der Waals surface area contributed by atoms with Crippen LogP contribution in [0.5, 0.6) is 5.75 Å². The summed E-state index contributed by atoms with van der Waals surface area (Å²) in [5.74, 6) is 0.760. The number of aliphatic hydroxyl groups is 1. The predicted octanol–water partition coefficient (Wildman–Crippen LogP) is 1.77. The highest BCUT2D eigenvalue weighted by atomic mass is 16.6. The number of carbonyl (C=O) groups excluding carboxylic acids is 1. The highest BCUT2D eigenvalue weighted by Crippen LogP contribution is 2.45. The van der Waals surface area contributed by atoms with Gasteiger partial charge >= 0.3 is 0 Å². The number of rotatable bonds is 4. The van der Waals surface area contributed by atoms with E-state index in [2.05, 4.69) is 6.07 Å². The van der Waals surface area contributed by atoms with Crippen molar-refractivity contribution in [3.8, 4) is 11.8 Å². The summed E-state index contributed by atoms with van der Waals surface area (Å²) >= 11 is 0. The lowest BCUT2D eigenvalue weighted by atomic mass is 9.84. The molecule has 0 spiro atoms. The van der Waals surface area contributed by atoms with E-state index >= 15 is 0 Å². The Kier molecular flexibility index (Phi) is 4.48. The van der Waals surface area contributed by atoms with Crippen molar-refractivity contribution in [1.82, 2.24) is 4.90 Å². The number of nitrogens with zero attached hydrogens (tertiary/aromatic N) is 2. The van der Waals surface area contributed by atoms with Gasteiger partial charge in [0, 0.05) is 18.5 Å². The molecule has 24 heavy (non-hydrogen) atoms. The second-order valence-corrected chi connectivity index (χ2v) is 6.72. The second-order valence-electron chi connectivity index (χ2n) is 6.72. The van der Waals surface area contributed by atoms with E-state index in [-0.39, 0.29) is 25.2 Å². The van der Waals surface area contributed by atoms with Gasteiger partial charge in [0.1, 0.15) is 17.5 Å². The molecule has 0 radical (unpaired) electrons. The van der Waals surface area contributed by atoms with Gasteiger partial charge in [-0.2, -0.15) is 5.26 Å². The van der Waals surface area contributed by atoms with Crippen LogP contribution in [0.4, 0.5) is 0 Å². The second kappa shape index (κ2) is 6.42. The maximum atomic E-state index is 12.4. The smallest absolute Gasteiger partial charge is 0.223 e. The lowest BCUT2D eigenvalue weighted by Gasteiger charge is -2.47. The molecule has 3 rings (SSSR count). The topological polar surface area (TPSA) is 82.8 Å². The van der Waals surface area contributed by atoms with Gasteiger partial charge in [-0.25, -0.2) is 0 Å². The van der Waals surface area contributed by atoms with Crippen LogP contribution >= 0.6 is 0 Å². The molecule has 0 aliphatic carbocycles. The normalized spacial score (nSPS) is 25.1. The Labute approximate surface area is 141 Å². The molecule has 0 aromatic heterocycles. The van der Waals surface area contributed by atoms with Crippen molar-refractivity contribution < 1.29 is 19.4 Å². The first kappa shape index (κ1) is 16.7. The van der Waals surface area contributed by atoms with Gasteiger partial charge in [-0.05, 0) is 38.5 Å². The van der Waals surface area contributed by atoms with Gasteiger partial charge in [0.25, 0.3) is 0 Å². The van der Waals surface area contributed by atoms with Gasteiger partial charge < -0.3 is 19.5 Å². The van der Waals surface area contributed by atoms with E-state index in [1.54, 1.807) is 18.2 Å². The van der Waals surface area contributed by atoms with Crippen LogP contribution in [-0.4, -0.2) is 47.4 Å². The zero-order valence-corrected chi connectivity index (χ0v) is 14.0. The Bertz CT molecular complexity index is 680. The Morgan fingerprint density at radius 3 is 2.92 bits per heavy atom. The van der Waals surface area contributed by atoms with Gasteiger partial charge in [0.15, 0.2) is 0 Å². The number of aliphatic hydroxyl groups excluding tert-OH is 1. The summed E-state index contributed by atoms with van der Waals surface area (Å²) in [6, 6.07) is 7.09. The largest absolute Gasteiger partial charge is 0.485 e. The molecule has 6 heteroatoms. The number of hydrogen-bond donors (Lipinski definition) is 1. The van der Waals surface area contributed by atoms with Crippen LogP contribution in [0.25, 0.3) is 0 Å². The molecule has 0 unspecified atom stereocenters. The minimum atomic E-state index is -0.663. The lowest BCUT2D eigenvalue weighted by Crippen LogP contribution is -2.55. The number of likely N-dealkylation sites (tertiary alicyclic amines) is 1. The predicted molar refractivity (Wildman–Crippen MR) is 86.4 cm³/mol. The molecule has 6 nitrogen and oxygen atoms in total. The molecule has 1 aromatic carbocycles. The number of carbonyl (C=O) groups is 1. The molecule has 1 fully saturated rings. The molecule has 2 aliphatic rings. The van der Waals surface area contributed by atoms with E-state index < -0.39 is 11.7 Å². The van der Waals surface area contributed by atoms with E-state index in [0.717, 1.165) is 12.0 Å². The number of hydrogen-bond acceptors (Lipinski definition) is 5. The Morgan fingerprint density at radius 2 is 2.29 bits per heavy atom. The molecule has 2 heterocycles. The van der Waals surface area contributed by atoms with Gasteiger partial charge in [-0.15, -0.1) is 0 Å². The van der Waals surface area contributed by atoms with Crippen LogP contribution in [0.2, 0.25) is 0 Å². The Balaban J connectivity index is 2.10. The molecule has 2 atom stereocenters. The van der Waals surface area contributed by atoms with Gasteiger partial charge in [-0.1, -0.05) is 0 Å². The van der Waals surface area contributed by atoms with Gasteiger partial charge in [-0.3, -0.25) is 4.79 Å². The van der Waals surface area contributed by atoms with Crippen LogP contribution in [0.15, 0.2) is 18.2 Å². The van der Waals surface area contributed by atoms with Crippen molar-refractivity contribution >= 4 is 5.91 Å². The number of ether oxygens (including phenoxy) is 2. The molecule has 1 amide bonds. The zero-order chi connectivity index (χ0) is 17.3. The molecule has 1 aromatic rings. The highest BCUT2D eigenvalue weighted by Gasteiger charge is 2.49. The van der Waals surface area contributed by atoms with Crippen LogP contribution < -0.4 is 4.74 Å². The van der Waals surface area contributed by atoms with Crippen molar-refractivity contribution in [2.24, 2.45) is 0 Å². The van der Waals surface area contributed by atoms with E-state index in [4.69, 9.17) is 14.6 Å². The quantitative estimate of drug-likeness (QED) is 0.910. The van der Waals surface area contributed by atoms with Gasteiger partial charge in [0.05, 0.1) is 30.9 Å². The number of amides is 1. The third kappa shape index (κ3) is 2.85. The third-order valence-electron chi connectivity index (χ3n) is 4.64. The minimum absolute atomic E-state index is 0.0867. The average molecular weight is 330 g/mol. The molecule has 1 saturated heterocycles. The maximum absolute atomic E-state index is 12.4. The summed E-state index contributed by atoms with van der Waals surface area (Å²) in [4.78, 5) is 14.2. The van der Waals surface area contributed by atoms with Crippen LogP contribution in [0.1, 0.15) is 43.9 Å². The summed E-state index contributed by atoms with van der Waals surface area (Å²) in [7, 11) is 0. The molecule has 128 valence electrons. The number of benzene rings is 1. The fourth-order valence-corrected chi connectivity index (χ4v) is 3.59. The van der Waals surface area contributed by atoms with Crippen LogP contribution in [0.3, 0.4) is 0 Å². The third-order valence-corrected chi connectivity index (χ3v) is 4.64. The summed E-state index contributed by atoms with van der Waals surface area (Å²) in [5.41, 5.74) is 0.658. The van der Waals surface area contributed by atoms with E-state index in [1.165, 1.54) is 0 Å². The van der Waals surface area contributed by atoms with Crippen LogP contribution in [0, 0.1) is 11.3 Å². The fraction of sp³-hybridized carbons (Fsp3) is 0.556. The summed E-state index contributed by atoms with van der Waals surface area (Å²) in [5, 5.41) is 18.4. The van der Waals surface area contributed by atoms with Crippen molar-refractivity contribution in [1.29, 1.82) is 5.26 Å². The molecule has 0 saturated carbocycles. The summed E-state index contributed by atoms with van der Waals surface area (Å²) < 4.78 is 12.0. The molecule has 0 bridgehead atoms. The van der Waals surface area contributed by atoms with E-state index in [1.807, 2.05) is 18.7 Å². The average Bonchev–Trinajstić information content (AvgIpc) is 2.97. The highest BCUT2D eigenvalue weighted by molar-refractivity contribution is 5.79. The molecule has 1 N–H and O–H groups in total. The van der Waals surface area contributed by atoms with Crippen molar-refractivity contribution in [2.45, 2.75) is 44.4 Å².